The highest BCUT2D eigenvalue weighted by Gasteiger charge is 2.47. The van der Waals surface area contributed by atoms with E-state index in [-0.39, 0.29) is 11.7 Å². The number of carbonyl (C=O) groups is 1. The lowest BCUT2D eigenvalue weighted by molar-refractivity contribution is -0.135. The van der Waals surface area contributed by atoms with Crippen molar-refractivity contribution in [2.45, 2.75) is 37.5 Å². The van der Waals surface area contributed by atoms with E-state index in [0.717, 1.165) is 6.42 Å². The van der Waals surface area contributed by atoms with Crippen molar-refractivity contribution in [3.8, 4) is 0 Å². The number of hydrogen-bond acceptors (Lipinski definition) is 2. The molecule has 1 saturated carbocycles. The van der Waals surface area contributed by atoms with Crippen molar-refractivity contribution in [3.63, 3.8) is 0 Å². The van der Waals surface area contributed by atoms with Crippen LogP contribution in [0.5, 0.6) is 0 Å². The van der Waals surface area contributed by atoms with Gasteiger partial charge in [-0.15, -0.1) is 0 Å². The lowest BCUT2D eigenvalue weighted by Crippen LogP contribution is -2.42. The smallest absolute Gasteiger partial charge is 0.254 e. The number of benzene rings is 2. The van der Waals surface area contributed by atoms with E-state index in [1.165, 1.54) is 11.6 Å². The molecule has 2 N–H and O–H groups in total. The zero-order valence-corrected chi connectivity index (χ0v) is 13.1. The van der Waals surface area contributed by atoms with Crippen LogP contribution in [0.2, 0.25) is 0 Å². The van der Waals surface area contributed by atoms with E-state index in [0.29, 0.717) is 24.0 Å². The molecule has 1 aliphatic carbocycles. The molecule has 2 aromatic carbocycles. The molecule has 4 heteroatoms. The third kappa shape index (κ3) is 2.63. The average Bonchev–Trinajstić information content (AvgIpc) is 3.04. The van der Waals surface area contributed by atoms with Crippen molar-refractivity contribution in [1.82, 2.24) is 5.48 Å². The zero-order valence-electron chi connectivity index (χ0n) is 13.1. The summed E-state index contributed by atoms with van der Waals surface area (Å²) in [6.45, 7) is 1.69. The lowest BCUT2D eigenvalue weighted by atomic mass is 9.75. The van der Waals surface area contributed by atoms with Gasteiger partial charge >= 0.3 is 0 Å². The van der Waals surface area contributed by atoms with E-state index in [1.54, 1.807) is 24.5 Å². The molecule has 3 rings (SSSR count). The fourth-order valence-electron chi connectivity index (χ4n) is 3.86. The Morgan fingerprint density at radius 2 is 1.96 bits per heavy atom. The molecule has 1 amide bonds. The predicted molar refractivity (Wildman–Crippen MR) is 85.8 cm³/mol. The lowest BCUT2D eigenvalue weighted by Gasteiger charge is -2.29. The second-order valence-corrected chi connectivity index (χ2v) is 6.29. The Bertz CT molecular complexity index is 717. The fraction of sp³-hybridized carbons (Fsp3) is 0.316. The van der Waals surface area contributed by atoms with Gasteiger partial charge in [0.25, 0.3) is 5.91 Å². The van der Waals surface area contributed by atoms with Crippen LogP contribution in [0.25, 0.3) is 0 Å². The number of hydroxylamine groups is 1. The fourth-order valence-corrected chi connectivity index (χ4v) is 3.86. The van der Waals surface area contributed by atoms with Crippen LogP contribution in [-0.4, -0.2) is 11.1 Å². The highest BCUT2D eigenvalue weighted by atomic mass is 19.1. The molecule has 1 aliphatic rings. The molecule has 23 heavy (non-hydrogen) atoms. The summed E-state index contributed by atoms with van der Waals surface area (Å²) in [4.78, 5) is 12.5. The standard InChI is InChI=1S/C19H20FNO2/c1-13-16(8-5-9-17(13)20)19(18(22)21-23)11-10-15(12-19)14-6-3-2-4-7-14/h2-9,15,23H,10-12H2,1H3,(H,21,22). The molecule has 0 saturated heterocycles. The normalized spacial score (nSPS) is 23.7. The van der Waals surface area contributed by atoms with E-state index in [9.17, 15) is 14.4 Å². The second kappa shape index (κ2) is 6.13. The van der Waals surface area contributed by atoms with Crippen LogP contribution < -0.4 is 5.48 Å². The van der Waals surface area contributed by atoms with E-state index >= 15 is 0 Å². The minimum atomic E-state index is -0.887. The van der Waals surface area contributed by atoms with Gasteiger partial charge in [0.15, 0.2) is 0 Å². The Hall–Kier alpha value is -2.20. The number of halogens is 1. The van der Waals surface area contributed by atoms with Crippen molar-refractivity contribution in [2.24, 2.45) is 0 Å². The summed E-state index contributed by atoms with van der Waals surface area (Å²) in [5.74, 6) is -0.559. The van der Waals surface area contributed by atoms with Crippen molar-refractivity contribution in [3.05, 3.63) is 71.0 Å². The van der Waals surface area contributed by atoms with Crippen LogP contribution >= 0.6 is 0 Å². The Kier molecular flexibility index (Phi) is 4.18. The number of carbonyl (C=O) groups excluding carboxylic acids is 1. The molecule has 120 valence electrons. The third-order valence-corrected chi connectivity index (χ3v) is 5.10. The van der Waals surface area contributed by atoms with Gasteiger partial charge in [0.05, 0.1) is 5.41 Å². The maximum atomic E-state index is 14.0. The van der Waals surface area contributed by atoms with Crippen LogP contribution in [0.3, 0.4) is 0 Å². The number of amides is 1. The maximum absolute atomic E-state index is 14.0. The van der Waals surface area contributed by atoms with Crippen molar-refractivity contribution in [2.75, 3.05) is 0 Å². The molecule has 2 unspecified atom stereocenters. The van der Waals surface area contributed by atoms with Gasteiger partial charge in [-0.05, 0) is 54.9 Å². The maximum Gasteiger partial charge on any atom is 0.254 e. The molecule has 0 heterocycles. The second-order valence-electron chi connectivity index (χ2n) is 6.29. The molecule has 0 radical (unpaired) electrons. The first-order valence-electron chi connectivity index (χ1n) is 7.83. The minimum absolute atomic E-state index is 0.219. The van der Waals surface area contributed by atoms with E-state index in [2.05, 4.69) is 12.1 Å². The Balaban J connectivity index is 2.03. The average molecular weight is 313 g/mol. The highest BCUT2D eigenvalue weighted by Crippen LogP contribution is 2.49. The molecule has 3 nitrogen and oxygen atoms in total. The van der Waals surface area contributed by atoms with Crippen molar-refractivity contribution >= 4 is 5.91 Å². The zero-order chi connectivity index (χ0) is 16.4. The Morgan fingerprint density at radius 1 is 1.22 bits per heavy atom. The molecule has 2 atom stereocenters. The third-order valence-electron chi connectivity index (χ3n) is 5.10. The van der Waals surface area contributed by atoms with E-state index < -0.39 is 11.3 Å². The minimum Gasteiger partial charge on any atom is -0.289 e. The topological polar surface area (TPSA) is 49.3 Å². The number of hydrogen-bond donors (Lipinski definition) is 2. The first kappa shape index (κ1) is 15.7. The van der Waals surface area contributed by atoms with Crippen LogP contribution in [0.4, 0.5) is 4.39 Å². The van der Waals surface area contributed by atoms with Crippen LogP contribution in [0.1, 0.15) is 41.9 Å². The van der Waals surface area contributed by atoms with Gasteiger partial charge in [-0.3, -0.25) is 10.0 Å². The van der Waals surface area contributed by atoms with Gasteiger partial charge in [-0.2, -0.15) is 0 Å². The highest BCUT2D eigenvalue weighted by molar-refractivity contribution is 5.88. The monoisotopic (exact) mass is 313 g/mol. The molecule has 1 fully saturated rings. The van der Waals surface area contributed by atoms with Gasteiger partial charge < -0.3 is 0 Å². The number of rotatable bonds is 3. The van der Waals surface area contributed by atoms with Crippen LogP contribution in [0, 0.1) is 12.7 Å². The number of nitrogens with one attached hydrogen (secondary N) is 1. The van der Waals surface area contributed by atoms with Crippen molar-refractivity contribution < 1.29 is 14.4 Å². The molecular weight excluding hydrogens is 293 g/mol. The molecule has 0 bridgehead atoms. The van der Waals surface area contributed by atoms with Gasteiger partial charge in [-0.25, -0.2) is 9.87 Å². The summed E-state index contributed by atoms with van der Waals surface area (Å²) in [6, 6.07) is 14.8. The summed E-state index contributed by atoms with van der Waals surface area (Å²) in [5.41, 5.74) is 3.24. The quantitative estimate of drug-likeness (QED) is 0.668. The van der Waals surface area contributed by atoms with E-state index in [1.807, 2.05) is 18.2 Å². The first-order valence-corrected chi connectivity index (χ1v) is 7.83. The summed E-state index contributed by atoms with van der Waals surface area (Å²) in [5, 5.41) is 9.25. The predicted octanol–water partition coefficient (Wildman–Crippen LogP) is 3.85. The Labute approximate surface area is 135 Å². The summed E-state index contributed by atoms with van der Waals surface area (Å²) >= 11 is 0. The van der Waals surface area contributed by atoms with E-state index in [4.69, 9.17) is 0 Å². The molecule has 0 aliphatic heterocycles. The SMILES string of the molecule is Cc1c(F)cccc1C1(C(=O)NO)CCC(c2ccccc2)C1. The molecule has 0 aromatic heterocycles. The van der Waals surface area contributed by atoms with Gasteiger partial charge in [0, 0.05) is 0 Å². The largest absolute Gasteiger partial charge is 0.289 e. The van der Waals surface area contributed by atoms with Gasteiger partial charge in [-0.1, -0.05) is 42.5 Å². The summed E-state index contributed by atoms with van der Waals surface area (Å²) < 4.78 is 14.0. The summed E-state index contributed by atoms with van der Waals surface area (Å²) in [7, 11) is 0. The molecular formula is C19H20FNO2. The summed E-state index contributed by atoms with van der Waals surface area (Å²) in [6.07, 6.45) is 1.98. The van der Waals surface area contributed by atoms with Crippen LogP contribution in [-0.2, 0) is 10.2 Å². The van der Waals surface area contributed by atoms with Crippen molar-refractivity contribution in [1.29, 1.82) is 0 Å². The van der Waals surface area contributed by atoms with Gasteiger partial charge in [0.2, 0.25) is 0 Å². The Morgan fingerprint density at radius 3 is 2.65 bits per heavy atom. The molecule has 2 aromatic rings. The van der Waals surface area contributed by atoms with Gasteiger partial charge in [0.1, 0.15) is 5.82 Å². The molecule has 0 spiro atoms. The first-order chi connectivity index (χ1) is 11.1. The van der Waals surface area contributed by atoms with Crippen LogP contribution in [0.15, 0.2) is 48.5 Å².